The monoisotopic (exact) mass is 961 g/mol. The van der Waals surface area contributed by atoms with Crippen molar-refractivity contribution in [2.75, 3.05) is 9.80 Å². The van der Waals surface area contributed by atoms with Crippen molar-refractivity contribution in [1.29, 1.82) is 0 Å². The number of fused-ring (bicyclic) bond motifs is 3. The van der Waals surface area contributed by atoms with Crippen LogP contribution in [0.2, 0.25) is 0 Å². The molecule has 3 nitrogen and oxygen atoms in total. The highest BCUT2D eigenvalue weighted by Crippen LogP contribution is 2.42. The van der Waals surface area contributed by atoms with Gasteiger partial charge in [-0.2, -0.15) is 0 Å². The average molecular weight is 962 g/mol. The van der Waals surface area contributed by atoms with E-state index in [9.17, 15) is 0 Å². The summed E-state index contributed by atoms with van der Waals surface area (Å²) in [6, 6.07) is 93.1. The summed E-state index contributed by atoms with van der Waals surface area (Å²) in [5.41, 5.74) is 20.3. The van der Waals surface area contributed by atoms with Crippen LogP contribution in [0.1, 0.15) is 29.9 Å². The Morgan fingerprint density at radius 3 is 1.51 bits per heavy atom. The first-order chi connectivity index (χ1) is 37.2. The van der Waals surface area contributed by atoms with E-state index in [0.29, 0.717) is 0 Å². The van der Waals surface area contributed by atoms with Crippen LogP contribution in [0, 0.1) is 0 Å². The van der Waals surface area contributed by atoms with Crippen molar-refractivity contribution >= 4 is 55.8 Å². The fourth-order valence-corrected chi connectivity index (χ4v) is 11.3. The van der Waals surface area contributed by atoms with Crippen LogP contribution in [0.25, 0.3) is 66.4 Å². The molecule has 0 N–H and O–H groups in total. The summed E-state index contributed by atoms with van der Waals surface area (Å²) < 4.78 is 2.47. The maximum Gasteiger partial charge on any atom is 0.0559 e. The summed E-state index contributed by atoms with van der Waals surface area (Å²) >= 11 is 0. The molecule has 0 saturated carbocycles. The number of benzene rings is 10. The lowest BCUT2D eigenvalue weighted by Crippen LogP contribution is -2.29. The van der Waals surface area contributed by atoms with E-state index in [1.807, 2.05) is 0 Å². The molecule has 75 heavy (non-hydrogen) atoms. The molecule has 2 atom stereocenters. The molecule has 2 aliphatic rings. The van der Waals surface area contributed by atoms with Crippen molar-refractivity contribution < 1.29 is 0 Å². The average Bonchev–Trinajstić information content (AvgIpc) is 3.82. The minimum Gasteiger partial charge on any atom is -0.334 e. The van der Waals surface area contributed by atoms with Crippen LogP contribution >= 0.6 is 0 Å². The van der Waals surface area contributed by atoms with Gasteiger partial charge in [-0.05, 0) is 148 Å². The smallest absolute Gasteiger partial charge is 0.0559 e. The molecule has 0 fully saturated rings. The Morgan fingerprint density at radius 1 is 0.373 bits per heavy atom. The first kappa shape index (κ1) is 45.4. The van der Waals surface area contributed by atoms with Crippen molar-refractivity contribution in [3.05, 3.63) is 308 Å². The number of aromatic nitrogens is 1. The summed E-state index contributed by atoms with van der Waals surface area (Å²) in [6.45, 7) is 0. The fraction of sp³-hybridized carbons (Fsp3) is 0.0556. The van der Waals surface area contributed by atoms with E-state index >= 15 is 0 Å². The topological polar surface area (TPSA) is 11.4 Å². The van der Waals surface area contributed by atoms with Crippen LogP contribution in [0.5, 0.6) is 0 Å². The Bertz CT molecular complexity index is 3870. The fourth-order valence-electron chi connectivity index (χ4n) is 11.3. The molecule has 1 aromatic heterocycles. The van der Waals surface area contributed by atoms with Gasteiger partial charge in [0, 0.05) is 50.7 Å². The van der Waals surface area contributed by atoms with E-state index in [0.717, 1.165) is 29.9 Å². The highest BCUT2D eigenvalue weighted by Gasteiger charge is 2.22. The van der Waals surface area contributed by atoms with Crippen LogP contribution in [-0.2, 0) is 0 Å². The van der Waals surface area contributed by atoms with Gasteiger partial charge in [0.2, 0.25) is 0 Å². The van der Waals surface area contributed by atoms with Gasteiger partial charge in [0.25, 0.3) is 0 Å². The number of nitrogens with zero attached hydrogens (tertiary/aromatic N) is 3. The Balaban J connectivity index is 0.816. The zero-order chi connectivity index (χ0) is 49.9. The molecule has 358 valence electrons. The lowest BCUT2D eigenvalue weighted by Gasteiger charge is -2.32. The van der Waals surface area contributed by atoms with Crippen LogP contribution in [0.3, 0.4) is 0 Å². The molecule has 0 radical (unpaired) electrons. The highest BCUT2D eigenvalue weighted by molar-refractivity contribution is 6.11. The highest BCUT2D eigenvalue weighted by atomic mass is 15.2. The molecule has 13 rings (SSSR count). The van der Waals surface area contributed by atoms with Gasteiger partial charge >= 0.3 is 0 Å². The largest absolute Gasteiger partial charge is 0.334 e. The molecular formula is C72H55N3. The molecule has 11 aromatic rings. The molecule has 0 aliphatic heterocycles. The standard InChI is InChI=1S/C72H55N3/c1-6-18-58(19-7-1)67-28-16-17-29-70(67)75-71-48-42-59(56-34-30-52(31-35-56)54-38-44-65(45-39-54)73(61-20-8-2-9-21-61)62-22-10-3-11-23-62)50-68(71)69-51-60(43-49-72(69)75)57-36-32-53(33-37-57)55-40-46-66(47-41-55)74(63-24-12-4-13-25-63)64-26-14-5-15-27-64/h1-26,28-36,38-51,57,64H,27,37H2. The van der Waals surface area contributed by atoms with Crippen molar-refractivity contribution in [3.63, 3.8) is 0 Å². The lowest BCUT2D eigenvalue weighted by molar-refractivity contribution is 0.785. The van der Waals surface area contributed by atoms with E-state index in [-0.39, 0.29) is 12.0 Å². The number of anilines is 5. The van der Waals surface area contributed by atoms with Crippen molar-refractivity contribution in [2.45, 2.75) is 24.8 Å². The van der Waals surface area contributed by atoms with Crippen LogP contribution in [0.15, 0.2) is 297 Å². The molecule has 10 aromatic carbocycles. The molecule has 2 unspecified atom stereocenters. The third-order valence-electron chi connectivity index (χ3n) is 15.1. The summed E-state index contributed by atoms with van der Waals surface area (Å²) in [4.78, 5) is 4.75. The second-order valence-electron chi connectivity index (χ2n) is 19.6. The Morgan fingerprint density at radius 2 is 0.880 bits per heavy atom. The number of hydrogen-bond acceptors (Lipinski definition) is 2. The third-order valence-corrected chi connectivity index (χ3v) is 15.1. The van der Waals surface area contributed by atoms with Gasteiger partial charge < -0.3 is 14.4 Å². The predicted octanol–water partition coefficient (Wildman–Crippen LogP) is 19.4. The van der Waals surface area contributed by atoms with Crippen LogP contribution in [0.4, 0.5) is 28.4 Å². The molecule has 0 saturated heterocycles. The second-order valence-corrected chi connectivity index (χ2v) is 19.6. The maximum absolute atomic E-state index is 2.47. The third kappa shape index (κ3) is 9.00. The zero-order valence-electron chi connectivity index (χ0n) is 41.7. The Labute approximate surface area is 440 Å². The molecule has 0 bridgehead atoms. The van der Waals surface area contributed by atoms with Crippen molar-refractivity contribution in [1.82, 2.24) is 4.57 Å². The van der Waals surface area contributed by atoms with Gasteiger partial charge in [0.05, 0.1) is 22.8 Å². The van der Waals surface area contributed by atoms with Crippen molar-refractivity contribution in [3.8, 4) is 39.1 Å². The van der Waals surface area contributed by atoms with Crippen LogP contribution in [-0.4, -0.2) is 10.6 Å². The number of hydrogen-bond donors (Lipinski definition) is 0. The van der Waals surface area contributed by atoms with E-state index in [2.05, 4.69) is 312 Å². The molecule has 1 heterocycles. The SMILES string of the molecule is C1=CCC(N(c2ccccc2)c2ccc(C3=CCC(c4ccc5c(c4)c4cc(-c6ccc(-c7ccc(N(c8ccccc8)c8ccccc8)cc7)cc6)ccc4n5-c4ccccc4-c4ccccc4)C=C3)cc2)C=C1. The van der Waals surface area contributed by atoms with Gasteiger partial charge in [-0.25, -0.2) is 0 Å². The normalized spacial score (nSPS) is 15.0. The molecule has 0 amide bonds. The first-order valence-electron chi connectivity index (χ1n) is 26.2. The molecular weight excluding hydrogens is 907 g/mol. The Hall–Kier alpha value is -9.44. The van der Waals surface area contributed by atoms with E-state index in [4.69, 9.17) is 0 Å². The van der Waals surface area contributed by atoms with E-state index in [1.54, 1.807) is 0 Å². The molecule has 0 spiro atoms. The summed E-state index contributed by atoms with van der Waals surface area (Å²) in [6.07, 6.45) is 17.9. The number of para-hydroxylation sites is 4. The van der Waals surface area contributed by atoms with E-state index in [1.165, 1.54) is 88.9 Å². The lowest BCUT2D eigenvalue weighted by atomic mass is 9.87. The van der Waals surface area contributed by atoms with Crippen molar-refractivity contribution in [2.24, 2.45) is 0 Å². The number of allylic oxidation sites excluding steroid dienone is 6. The minimum absolute atomic E-state index is 0.261. The van der Waals surface area contributed by atoms with Crippen LogP contribution < -0.4 is 9.80 Å². The van der Waals surface area contributed by atoms with Gasteiger partial charge in [-0.1, -0.05) is 206 Å². The summed E-state index contributed by atoms with van der Waals surface area (Å²) in [5, 5.41) is 2.50. The van der Waals surface area contributed by atoms with Gasteiger partial charge in [0.1, 0.15) is 0 Å². The summed E-state index contributed by atoms with van der Waals surface area (Å²) in [5.74, 6) is 0.261. The molecule has 3 heteroatoms. The van der Waals surface area contributed by atoms with E-state index < -0.39 is 0 Å². The summed E-state index contributed by atoms with van der Waals surface area (Å²) in [7, 11) is 0. The maximum atomic E-state index is 2.47. The van der Waals surface area contributed by atoms with Gasteiger partial charge in [0.15, 0.2) is 0 Å². The van der Waals surface area contributed by atoms with Gasteiger partial charge in [-0.3, -0.25) is 0 Å². The quantitative estimate of drug-likeness (QED) is 0.121. The minimum atomic E-state index is 0.261. The zero-order valence-corrected chi connectivity index (χ0v) is 41.7. The predicted molar refractivity (Wildman–Crippen MR) is 318 cm³/mol. The first-order valence-corrected chi connectivity index (χ1v) is 26.2. The second kappa shape index (κ2) is 20.2. The Kier molecular flexibility index (Phi) is 12.2. The molecule has 2 aliphatic carbocycles. The van der Waals surface area contributed by atoms with Gasteiger partial charge in [-0.15, -0.1) is 0 Å². The number of rotatable bonds is 12.